The van der Waals surface area contributed by atoms with Gasteiger partial charge in [-0.25, -0.2) is 4.98 Å². The lowest BCUT2D eigenvalue weighted by Gasteiger charge is -2.07. The van der Waals surface area contributed by atoms with Crippen LogP contribution >= 0.6 is 0 Å². The molecule has 0 unspecified atom stereocenters. The maximum atomic E-state index is 5.98. The van der Waals surface area contributed by atoms with E-state index in [0.29, 0.717) is 11.8 Å². The third-order valence-corrected chi connectivity index (χ3v) is 3.43. The normalized spacial score (nSPS) is 10.8. The standard InChI is InChI=1S/C19H20N2O2/c1-13(2)20-19-17(14-7-5-4-6-8-14)21-18(23-19)15-9-11-16(22-3)12-10-15/h4-13,20H,1-3H3. The molecule has 3 aromatic rings. The highest BCUT2D eigenvalue weighted by molar-refractivity contribution is 5.73. The van der Waals surface area contributed by atoms with E-state index >= 15 is 0 Å². The second kappa shape index (κ2) is 6.57. The highest BCUT2D eigenvalue weighted by Gasteiger charge is 2.16. The lowest BCUT2D eigenvalue weighted by atomic mass is 10.1. The van der Waals surface area contributed by atoms with Crippen molar-refractivity contribution < 1.29 is 9.15 Å². The Hall–Kier alpha value is -2.75. The molecule has 4 nitrogen and oxygen atoms in total. The van der Waals surface area contributed by atoms with Crippen molar-refractivity contribution in [2.24, 2.45) is 0 Å². The predicted octanol–water partition coefficient (Wildman–Crippen LogP) is 4.84. The summed E-state index contributed by atoms with van der Waals surface area (Å²) in [6.07, 6.45) is 0. The van der Waals surface area contributed by atoms with Gasteiger partial charge < -0.3 is 14.5 Å². The molecule has 3 rings (SSSR count). The minimum Gasteiger partial charge on any atom is -0.497 e. The monoisotopic (exact) mass is 308 g/mol. The molecule has 4 heteroatoms. The minimum atomic E-state index is 0.258. The van der Waals surface area contributed by atoms with Crippen molar-refractivity contribution in [3.05, 3.63) is 54.6 Å². The molecule has 0 spiro atoms. The van der Waals surface area contributed by atoms with Gasteiger partial charge >= 0.3 is 0 Å². The van der Waals surface area contributed by atoms with E-state index in [-0.39, 0.29) is 6.04 Å². The lowest BCUT2D eigenvalue weighted by Crippen LogP contribution is -2.09. The number of rotatable bonds is 5. The molecule has 0 radical (unpaired) electrons. The molecule has 2 aromatic carbocycles. The number of ether oxygens (including phenoxy) is 1. The maximum Gasteiger partial charge on any atom is 0.229 e. The fourth-order valence-electron chi connectivity index (χ4n) is 2.33. The van der Waals surface area contributed by atoms with Crippen LogP contribution in [-0.2, 0) is 0 Å². The van der Waals surface area contributed by atoms with Crippen molar-refractivity contribution in [1.29, 1.82) is 0 Å². The molecule has 0 fully saturated rings. The summed E-state index contributed by atoms with van der Waals surface area (Å²) in [7, 11) is 1.65. The summed E-state index contributed by atoms with van der Waals surface area (Å²) in [5, 5.41) is 3.33. The number of nitrogens with zero attached hydrogens (tertiary/aromatic N) is 1. The van der Waals surface area contributed by atoms with E-state index in [1.807, 2.05) is 54.6 Å². The molecule has 0 saturated carbocycles. The Morgan fingerprint density at radius 3 is 2.26 bits per heavy atom. The van der Waals surface area contributed by atoms with Crippen LogP contribution in [0.2, 0.25) is 0 Å². The number of anilines is 1. The van der Waals surface area contributed by atoms with Gasteiger partial charge in [-0.15, -0.1) is 0 Å². The number of nitrogens with one attached hydrogen (secondary N) is 1. The molecular formula is C19H20N2O2. The molecule has 0 amide bonds. The van der Waals surface area contributed by atoms with Gasteiger partial charge in [-0.3, -0.25) is 0 Å². The molecule has 0 aliphatic rings. The molecular weight excluding hydrogens is 288 g/mol. The van der Waals surface area contributed by atoms with Gasteiger partial charge in [0.05, 0.1) is 7.11 Å². The van der Waals surface area contributed by atoms with E-state index < -0.39 is 0 Å². The number of methoxy groups -OCH3 is 1. The van der Waals surface area contributed by atoms with Gasteiger partial charge in [-0.05, 0) is 38.1 Å². The second-order valence-electron chi connectivity index (χ2n) is 5.59. The van der Waals surface area contributed by atoms with E-state index in [0.717, 1.165) is 22.6 Å². The van der Waals surface area contributed by atoms with E-state index in [4.69, 9.17) is 9.15 Å². The van der Waals surface area contributed by atoms with Crippen molar-refractivity contribution in [2.75, 3.05) is 12.4 Å². The van der Waals surface area contributed by atoms with Crippen LogP contribution in [0.25, 0.3) is 22.7 Å². The predicted molar refractivity (Wildman–Crippen MR) is 92.7 cm³/mol. The van der Waals surface area contributed by atoms with Crippen LogP contribution in [0.4, 0.5) is 5.88 Å². The van der Waals surface area contributed by atoms with Gasteiger partial charge in [-0.1, -0.05) is 30.3 Å². The smallest absolute Gasteiger partial charge is 0.229 e. The number of benzene rings is 2. The summed E-state index contributed by atoms with van der Waals surface area (Å²) < 4.78 is 11.2. The van der Waals surface area contributed by atoms with Gasteiger partial charge in [0.25, 0.3) is 0 Å². The molecule has 1 aromatic heterocycles. The minimum absolute atomic E-state index is 0.258. The van der Waals surface area contributed by atoms with Crippen LogP contribution < -0.4 is 10.1 Å². The fraction of sp³-hybridized carbons (Fsp3) is 0.211. The van der Waals surface area contributed by atoms with E-state index in [1.54, 1.807) is 7.11 Å². The zero-order valence-electron chi connectivity index (χ0n) is 13.5. The van der Waals surface area contributed by atoms with Gasteiger partial charge in [-0.2, -0.15) is 0 Å². The fourth-order valence-corrected chi connectivity index (χ4v) is 2.33. The van der Waals surface area contributed by atoms with Crippen molar-refractivity contribution >= 4 is 5.88 Å². The number of oxazole rings is 1. The third kappa shape index (κ3) is 3.37. The van der Waals surface area contributed by atoms with Crippen molar-refractivity contribution in [2.45, 2.75) is 19.9 Å². The molecule has 118 valence electrons. The van der Waals surface area contributed by atoms with E-state index in [9.17, 15) is 0 Å². The summed E-state index contributed by atoms with van der Waals surface area (Å²) in [6, 6.07) is 18.0. The summed E-state index contributed by atoms with van der Waals surface area (Å²) in [5.41, 5.74) is 2.77. The Labute approximate surface area is 136 Å². The number of aromatic nitrogens is 1. The molecule has 1 N–H and O–H groups in total. The van der Waals surface area contributed by atoms with Crippen LogP contribution in [0.3, 0.4) is 0 Å². The van der Waals surface area contributed by atoms with Gasteiger partial charge in [0.1, 0.15) is 11.4 Å². The van der Waals surface area contributed by atoms with Gasteiger partial charge in [0.15, 0.2) is 0 Å². The average molecular weight is 308 g/mol. The van der Waals surface area contributed by atoms with Crippen LogP contribution in [-0.4, -0.2) is 18.1 Å². The first-order valence-corrected chi connectivity index (χ1v) is 7.64. The van der Waals surface area contributed by atoms with E-state index in [2.05, 4.69) is 24.1 Å². The SMILES string of the molecule is COc1ccc(-c2nc(-c3ccccc3)c(NC(C)C)o2)cc1. The summed E-state index contributed by atoms with van der Waals surface area (Å²) in [6.45, 7) is 4.15. The first kappa shape index (κ1) is 15.2. The zero-order valence-corrected chi connectivity index (χ0v) is 13.5. The number of hydrogen-bond acceptors (Lipinski definition) is 4. The summed E-state index contributed by atoms with van der Waals surface area (Å²) in [4.78, 5) is 4.69. The first-order valence-electron chi connectivity index (χ1n) is 7.64. The largest absolute Gasteiger partial charge is 0.497 e. The Bertz CT molecular complexity index is 762. The van der Waals surface area contributed by atoms with Crippen molar-refractivity contribution in [3.63, 3.8) is 0 Å². The molecule has 0 saturated heterocycles. The van der Waals surface area contributed by atoms with Crippen molar-refractivity contribution in [1.82, 2.24) is 4.98 Å². The Morgan fingerprint density at radius 2 is 1.65 bits per heavy atom. The van der Waals surface area contributed by atoms with Crippen LogP contribution in [0.5, 0.6) is 5.75 Å². The lowest BCUT2D eigenvalue weighted by molar-refractivity contribution is 0.415. The second-order valence-corrected chi connectivity index (χ2v) is 5.59. The molecule has 0 bridgehead atoms. The molecule has 0 aliphatic carbocycles. The Morgan fingerprint density at radius 1 is 0.957 bits per heavy atom. The van der Waals surface area contributed by atoms with Gasteiger partial charge in [0, 0.05) is 17.2 Å². The summed E-state index contributed by atoms with van der Waals surface area (Å²) in [5.74, 6) is 2.09. The average Bonchev–Trinajstić information content (AvgIpc) is 2.99. The third-order valence-electron chi connectivity index (χ3n) is 3.43. The van der Waals surface area contributed by atoms with Crippen LogP contribution in [0.15, 0.2) is 59.0 Å². The zero-order chi connectivity index (χ0) is 16.2. The van der Waals surface area contributed by atoms with Crippen LogP contribution in [0.1, 0.15) is 13.8 Å². The molecule has 0 aliphatic heterocycles. The molecule has 1 heterocycles. The molecule has 0 atom stereocenters. The quantitative estimate of drug-likeness (QED) is 0.733. The number of hydrogen-bond donors (Lipinski definition) is 1. The highest BCUT2D eigenvalue weighted by Crippen LogP contribution is 2.33. The van der Waals surface area contributed by atoms with E-state index in [1.165, 1.54) is 0 Å². The van der Waals surface area contributed by atoms with Crippen LogP contribution in [0, 0.1) is 0 Å². The van der Waals surface area contributed by atoms with Gasteiger partial charge in [0.2, 0.25) is 11.8 Å². The Balaban J connectivity index is 2.03. The van der Waals surface area contributed by atoms with Crippen molar-refractivity contribution in [3.8, 4) is 28.5 Å². The highest BCUT2D eigenvalue weighted by atomic mass is 16.5. The first-order chi connectivity index (χ1) is 11.2. The maximum absolute atomic E-state index is 5.98. The summed E-state index contributed by atoms with van der Waals surface area (Å²) >= 11 is 0. The Kier molecular flexibility index (Phi) is 4.33. The molecule has 23 heavy (non-hydrogen) atoms. The topological polar surface area (TPSA) is 47.3 Å².